The lowest BCUT2D eigenvalue weighted by Crippen LogP contribution is -2.38. The van der Waals surface area contributed by atoms with E-state index in [4.69, 9.17) is 14.2 Å². The second-order valence-corrected chi connectivity index (χ2v) is 5.84. The Morgan fingerprint density at radius 1 is 1.08 bits per heavy atom. The molecule has 5 nitrogen and oxygen atoms in total. The van der Waals surface area contributed by atoms with Crippen LogP contribution < -0.4 is 19.5 Å². The number of benzene rings is 2. The summed E-state index contributed by atoms with van der Waals surface area (Å²) in [6.07, 6.45) is -0.589. The van der Waals surface area contributed by atoms with Gasteiger partial charge in [-0.3, -0.25) is 4.79 Å². The van der Waals surface area contributed by atoms with Crippen LogP contribution in [0.2, 0.25) is 0 Å². The van der Waals surface area contributed by atoms with Gasteiger partial charge < -0.3 is 19.5 Å². The Morgan fingerprint density at radius 3 is 2.44 bits per heavy atom. The average Bonchev–Trinajstić information content (AvgIpc) is 2.61. The van der Waals surface area contributed by atoms with Crippen molar-refractivity contribution < 1.29 is 19.0 Å². The molecule has 0 aliphatic heterocycles. The zero-order chi connectivity index (χ0) is 18.2. The van der Waals surface area contributed by atoms with Gasteiger partial charge in [-0.1, -0.05) is 12.1 Å². The van der Waals surface area contributed by atoms with Gasteiger partial charge in [0.05, 0.1) is 13.7 Å². The van der Waals surface area contributed by atoms with Crippen LogP contribution in [0, 0.1) is 13.8 Å². The van der Waals surface area contributed by atoms with Gasteiger partial charge in [0.1, 0.15) is 23.9 Å². The van der Waals surface area contributed by atoms with Gasteiger partial charge in [0, 0.05) is 0 Å². The van der Waals surface area contributed by atoms with Gasteiger partial charge in [-0.15, -0.1) is 0 Å². The molecule has 0 aliphatic rings. The first kappa shape index (κ1) is 18.6. The molecular weight excluding hydrogens is 318 g/mol. The number of aryl methyl sites for hydroxylation is 2. The van der Waals surface area contributed by atoms with E-state index >= 15 is 0 Å². The maximum absolute atomic E-state index is 12.1. The molecule has 2 aromatic rings. The van der Waals surface area contributed by atoms with Crippen molar-refractivity contribution in [2.24, 2.45) is 0 Å². The van der Waals surface area contributed by atoms with E-state index in [-0.39, 0.29) is 5.91 Å². The summed E-state index contributed by atoms with van der Waals surface area (Å²) in [5.41, 5.74) is 2.22. The van der Waals surface area contributed by atoms with E-state index in [0.717, 1.165) is 22.6 Å². The molecule has 5 heteroatoms. The number of hydrogen-bond acceptors (Lipinski definition) is 4. The summed E-state index contributed by atoms with van der Waals surface area (Å²) in [4.78, 5) is 12.1. The molecule has 2 aromatic carbocycles. The Hall–Kier alpha value is -2.69. The molecule has 25 heavy (non-hydrogen) atoms. The molecule has 134 valence electrons. The number of carbonyl (C=O) groups is 1. The number of carbonyl (C=O) groups excluding carboxylic acids is 1. The molecule has 0 radical (unpaired) electrons. The van der Waals surface area contributed by atoms with E-state index in [1.54, 1.807) is 38.3 Å². The van der Waals surface area contributed by atoms with E-state index in [9.17, 15) is 4.79 Å². The van der Waals surface area contributed by atoms with Crippen LogP contribution in [0.3, 0.4) is 0 Å². The molecule has 0 spiro atoms. The molecule has 1 atom stereocenters. The lowest BCUT2D eigenvalue weighted by Gasteiger charge is -2.15. The van der Waals surface area contributed by atoms with Gasteiger partial charge >= 0.3 is 0 Å². The number of nitrogens with one attached hydrogen (secondary N) is 1. The summed E-state index contributed by atoms with van der Waals surface area (Å²) < 4.78 is 16.4. The van der Waals surface area contributed by atoms with E-state index in [0.29, 0.717) is 18.9 Å². The Kier molecular flexibility index (Phi) is 6.69. The van der Waals surface area contributed by atoms with Crippen molar-refractivity contribution in [3.63, 3.8) is 0 Å². The quantitative estimate of drug-likeness (QED) is 0.748. The fourth-order valence-electron chi connectivity index (χ4n) is 2.25. The fourth-order valence-corrected chi connectivity index (χ4v) is 2.25. The molecule has 0 saturated heterocycles. The van der Waals surface area contributed by atoms with Gasteiger partial charge in [-0.25, -0.2) is 0 Å². The van der Waals surface area contributed by atoms with E-state index in [1.807, 2.05) is 32.0 Å². The van der Waals surface area contributed by atoms with E-state index in [2.05, 4.69) is 5.32 Å². The lowest BCUT2D eigenvalue weighted by atomic mass is 10.1. The summed E-state index contributed by atoms with van der Waals surface area (Å²) in [7, 11) is 1.60. The molecule has 2 rings (SSSR count). The zero-order valence-electron chi connectivity index (χ0n) is 15.2. The van der Waals surface area contributed by atoms with Gasteiger partial charge in [0.15, 0.2) is 6.10 Å². The smallest absolute Gasteiger partial charge is 0.260 e. The molecule has 0 bridgehead atoms. The summed E-state index contributed by atoms with van der Waals surface area (Å²) >= 11 is 0. The Morgan fingerprint density at radius 2 is 1.76 bits per heavy atom. The number of hydrogen-bond donors (Lipinski definition) is 1. The first-order valence-electron chi connectivity index (χ1n) is 8.28. The predicted molar refractivity (Wildman–Crippen MR) is 97.5 cm³/mol. The summed E-state index contributed by atoms with van der Waals surface area (Å²) in [5, 5.41) is 2.82. The van der Waals surface area contributed by atoms with E-state index < -0.39 is 6.10 Å². The minimum absolute atomic E-state index is 0.180. The zero-order valence-corrected chi connectivity index (χ0v) is 15.2. The van der Waals surface area contributed by atoms with Crippen LogP contribution in [0.15, 0.2) is 42.5 Å². The maximum atomic E-state index is 12.1. The molecule has 1 N–H and O–H groups in total. The van der Waals surface area contributed by atoms with Crippen LogP contribution in [0.1, 0.15) is 18.1 Å². The minimum atomic E-state index is -0.589. The molecule has 0 saturated carbocycles. The number of methoxy groups -OCH3 is 1. The second kappa shape index (κ2) is 8.97. The fraction of sp³-hybridized carbons (Fsp3) is 0.350. The third kappa shape index (κ3) is 5.71. The average molecular weight is 343 g/mol. The lowest BCUT2D eigenvalue weighted by molar-refractivity contribution is -0.127. The number of amides is 1. The summed E-state index contributed by atoms with van der Waals surface area (Å²) in [6.45, 7) is 6.56. The van der Waals surface area contributed by atoms with Crippen LogP contribution in [0.25, 0.3) is 0 Å². The van der Waals surface area contributed by atoms with Crippen LogP contribution in [0.4, 0.5) is 0 Å². The Balaban J connectivity index is 1.74. The van der Waals surface area contributed by atoms with Crippen molar-refractivity contribution in [2.75, 3.05) is 20.3 Å². The molecule has 0 heterocycles. The predicted octanol–water partition coefficient (Wildman–Crippen LogP) is 3.27. The van der Waals surface area contributed by atoms with E-state index in [1.165, 1.54) is 0 Å². The summed E-state index contributed by atoms with van der Waals surface area (Å²) in [6, 6.07) is 13.2. The maximum Gasteiger partial charge on any atom is 0.260 e. The third-order valence-electron chi connectivity index (χ3n) is 3.74. The molecule has 0 aromatic heterocycles. The SMILES string of the molecule is COc1ccc(O[C@H](C)C(=O)NCCOc2cc(C)ccc2C)cc1. The minimum Gasteiger partial charge on any atom is -0.497 e. The second-order valence-electron chi connectivity index (χ2n) is 5.84. The normalized spacial score (nSPS) is 11.5. The highest BCUT2D eigenvalue weighted by atomic mass is 16.5. The van der Waals surface area contributed by atoms with Crippen molar-refractivity contribution >= 4 is 5.91 Å². The Labute approximate surface area is 148 Å². The molecule has 0 unspecified atom stereocenters. The van der Waals surface area contributed by atoms with Crippen molar-refractivity contribution in [1.29, 1.82) is 0 Å². The molecule has 1 amide bonds. The standard InChI is InChI=1S/C20H25NO4/c1-14-5-6-15(2)19(13-14)24-12-11-21-20(22)16(3)25-18-9-7-17(23-4)8-10-18/h5-10,13,16H,11-12H2,1-4H3,(H,21,22)/t16-/m1/s1. The van der Waals surface area contributed by atoms with Crippen LogP contribution in [0.5, 0.6) is 17.2 Å². The van der Waals surface area contributed by atoms with Crippen LogP contribution in [-0.4, -0.2) is 32.3 Å². The van der Waals surface area contributed by atoms with Gasteiger partial charge in [-0.2, -0.15) is 0 Å². The topological polar surface area (TPSA) is 56.8 Å². The van der Waals surface area contributed by atoms with Crippen molar-refractivity contribution in [1.82, 2.24) is 5.32 Å². The molecular formula is C20H25NO4. The first-order valence-corrected chi connectivity index (χ1v) is 8.28. The largest absolute Gasteiger partial charge is 0.497 e. The van der Waals surface area contributed by atoms with Crippen molar-refractivity contribution in [2.45, 2.75) is 26.9 Å². The first-order chi connectivity index (χ1) is 12.0. The number of rotatable bonds is 8. The van der Waals surface area contributed by atoms with Gasteiger partial charge in [0.25, 0.3) is 5.91 Å². The van der Waals surface area contributed by atoms with Crippen LogP contribution >= 0.6 is 0 Å². The highest BCUT2D eigenvalue weighted by Crippen LogP contribution is 2.19. The van der Waals surface area contributed by atoms with Crippen LogP contribution in [-0.2, 0) is 4.79 Å². The van der Waals surface area contributed by atoms with Gasteiger partial charge in [-0.05, 0) is 62.2 Å². The monoisotopic (exact) mass is 343 g/mol. The number of ether oxygens (including phenoxy) is 3. The molecule has 0 fully saturated rings. The highest BCUT2D eigenvalue weighted by molar-refractivity contribution is 5.80. The summed E-state index contributed by atoms with van der Waals surface area (Å²) in [5.74, 6) is 2.03. The third-order valence-corrected chi connectivity index (χ3v) is 3.74. The Bertz CT molecular complexity index is 697. The molecule has 0 aliphatic carbocycles. The van der Waals surface area contributed by atoms with Crippen molar-refractivity contribution in [3.05, 3.63) is 53.6 Å². The van der Waals surface area contributed by atoms with Gasteiger partial charge in [0.2, 0.25) is 0 Å². The van der Waals surface area contributed by atoms with Crippen molar-refractivity contribution in [3.8, 4) is 17.2 Å². The highest BCUT2D eigenvalue weighted by Gasteiger charge is 2.14.